The summed E-state index contributed by atoms with van der Waals surface area (Å²) in [7, 11) is 0. The zero-order valence-electron chi connectivity index (χ0n) is 15.0. The third kappa shape index (κ3) is 2.91. The van der Waals surface area contributed by atoms with E-state index in [0.29, 0.717) is 23.8 Å². The highest BCUT2D eigenvalue weighted by atomic mass is 16.5. The fourth-order valence-electron chi connectivity index (χ4n) is 3.71. The van der Waals surface area contributed by atoms with Crippen LogP contribution in [-0.2, 0) is 11.3 Å². The first-order chi connectivity index (χ1) is 13.2. The average molecular weight is 364 g/mol. The number of H-pyrrole nitrogens is 2. The van der Waals surface area contributed by atoms with Crippen LogP contribution in [0.3, 0.4) is 0 Å². The Morgan fingerprint density at radius 3 is 2.93 bits per heavy atom. The van der Waals surface area contributed by atoms with E-state index in [0.717, 1.165) is 54.2 Å². The summed E-state index contributed by atoms with van der Waals surface area (Å²) in [4.78, 5) is 32.1. The van der Waals surface area contributed by atoms with Crippen LogP contribution in [-0.4, -0.2) is 42.7 Å². The lowest BCUT2D eigenvalue weighted by molar-refractivity contribution is 0.0613. The summed E-state index contributed by atoms with van der Waals surface area (Å²) in [6, 6.07) is 5.96. The standard InChI is InChI=1S/C19H20N6O2/c1-11-21-14-3-2-13(8-15(14)22-11)16-9-20-17-18(23-16)25(19(26)24-17)10-12-4-6-27-7-5-12/h2-3,8-9,12H,4-7,10H2,1H3,(H,21,22)(H,20,24,26). The maximum atomic E-state index is 12.4. The molecule has 0 amide bonds. The highest BCUT2D eigenvalue weighted by molar-refractivity contribution is 5.82. The molecule has 0 bridgehead atoms. The predicted molar refractivity (Wildman–Crippen MR) is 102 cm³/mol. The van der Waals surface area contributed by atoms with E-state index in [-0.39, 0.29) is 5.69 Å². The van der Waals surface area contributed by atoms with Gasteiger partial charge in [0.2, 0.25) is 0 Å². The van der Waals surface area contributed by atoms with Crippen molar-refractivity contribution in [1.82, 2.24) is 29.5 Å². The molecule has 0 saturated carbocycles. The second-order valence-corrected chi connectivity index (χ2v) is 7.08. The number of aromatic amines is 2. The Labute approximate surface area is 154 Å². The normalized spacial score (nSPS) is 15.7. The molecule has 1 aliphatic rings. The maximum absolute atomic E-state index is 12.4. The summed E-state index contributed by atoms with van der Waals surface area (Å²) in [5, 5.41) is 0. The first-order valence-corrected chi connectivity index (χ1v) is 9.17. The summed E-state index contributed by atoms with van der Waals surface area (Å²) in [5.41, 5.74) is 4.51. The Kier molecular flexibility index (Phi) is 3.78. The van der Waals surface area contributed by atoms with Gasteiger partial charge < -0.3 is 9.72 Å². The first kappa shape index (κ1) is 16.2. The Morgan fingerprint density at radius 1 is 1.22 bits per heavy atom. The number of hydrogen-bond acceptors (Lipinski definition) is 5. The van der Waals surface area contributed by atoms with Crippen LogP contribution in [0.2, 0.25) is 0 Å². The average Bonchev–Trinajstić information content (AvgIpc) is 3.20. The van der Waals surface area contributed by atoms with Gasteiger partial charge in [-0.3, -0.25) is 9.55 Å². The van der Waals surface area contributed by atoms with Gasteiger partial charge in [-0.25, -0.2) is 19.7 Å². The van der Waals surface area contributed by atoms with E-state index in [2.05, 4.69) is 19.9 Å². The van der Waals surface area contributed by atoms with Crippen molar-refractivity contribution < 1.29 is 4.74 Å². The van der Waals surface area contributed by atoms with Crippen molar-refractivity contribution >= 4 is 22.3 Å². The quantitative estimate of drug-likeness (QED) is 0.581. The van der Waals surface area contributed by atoms with Crippen LogP contribution in [0.4, 0.5) is 0 Å². The number of fused-ring (bicyclic) bond motifs is 2. The van der Waals surface area contributed by atoms with Crippen LogP contribution in [0.1, 0.15) is 18.7 Å². The zero-order valence-corrected chi connectivity index (χ0v) is 15.0. The molecule has 1 aliphatic heterocycles. The van der Waals surface area contributed by atoms with Crippen molar-refractivity contribution in [1.29, 1.82) is 0 Å². The van der Waals surface area contributed by atoms with Crippen molar-refractivity contribution in [2.75, 3.05) is 13.2 Å². The zero-order chi connectivity index (χ0) is 18.4. The minimum absolute atomic E-state index is 0.159. The van der Waals surface area contributed by atoms with Gasteiger partial charge in [-0.1, -0.05) is 6.07 Å². The lowest BCUT2D eigenvalue weighted by atomic mass is 10.0. The number of rotatable bonds is 3. The van der Waals surface area contributed by atoms with Crippen molar-refractivity contribution in [3.63, 3.8) is 0 Å². The lowest BCUT2D eigenvalue weighted by Gasteiger charge is -2.21. The summed E-state index contributed by atoms with van der Waals surface area (Å²) < 4.78 is 7.13. The monoisotopic (exact) mass is 364 g/mol. The number of nitrogens with zero attached hydrogens (tertiary/aromatic N) is 4. The van der Waals surface area contributed by atoms with Crippen molar-refractivity contribution in [3.8, 4) is 11.3 Å². The molecule has 2 N–H and O–H groups in total. The number of benzene rings is 1. The molecular formula is C19H20N6O2. The van der Waals surface area contributed by atoms with Gasteiger partial charge in [0, 0.05) is 25.3 Å². The Morgan fingerprint density at radius 2 is 2.07 bits per heavy atom. The molecule has 1 saturated heterocycles. The van der Waals surface area contributed by atoms with Gasteiger partial charge in [-0.15, -0.1) is 0 Å². The van der Waals surface area contributed by atoms with Crippen molar-refractivity contribution in [2.45, 2.75) is 26.3 Å². The van der Waals surface area contributed by atoms with Crippen LogP contribution in [0.5, 0.6) is 0 Å². The number of aryl methyl sites for hydroxylation is 1. The van der Waals surface area contributed by atoms with Crippen LogP contribution in [0.25, 0.3) is 33.6 Å². The number of aromatic nitrogens is 6. The van der Waals surface area contributed by atoms with E-state index in [1.165, 1.54) is 0 Å². The maximum Gasteiger partial charge on any atom is 0.328 e. The molecule has 1 aromatic carbocycles. The smallest absolute Gasteiger partial charge is 0.328 e. The molecule has 5 rings (SSSR count). The molecule has 27 heavy (non-hydrogen) atoms. The number of hydrogen-bond donors (Lipinski definition) is 2. The largest absolute Gasteiger partial charge is 0.381 e. The van der Waals surface area contributed by atoms with E-state index >= 15 is 0 Å². The summed E-state index contributed by atoms with van der Waals surface area (Å²) in [5.74, 6) is 1.30. The molecule has 8 nitrogen and oxygen atoms in total. The van der Waals surface area contributed by atoms with Crippen LogP contribution >= 0.6 is 0 Å². The van der Waals surface area contributed by atoms with E-state index in [9.17, 15) is 4.79 Å². The summed E-state index contributed by atoms with van der Waals surface area (Å²) in [6.07, 6.45) is 3.62. The Bertz CT molecular complexity index is 1180. The first-order valence-electron chi connectivity index (χ1n) is 9.17. The fourth-order valence-corrected chi connectivity index (χ4v) is 3.71. The third-order valence-corrected chi connectivity index (χ3v) is 5.16. The van der Waals surface area contributed by atoms with Gasteiger partial charge in [0.15, 0.2) is 11.3 Å². The number of imidazole rings is 2. The third-order valence-electron chi connectivity index (χ3n) is 5.16. The van der Waals surface area contributed by atoms with E-state index in [1.807, 2.05) is 25.1 Å². The second-order valence-electron chi connectivity index (χ2n) is 7.08. The molecule has 1 fully saturated rings. The summed E-state index contributed by atoms with van der Waals surface area (Å²) >= 11 is 0. The van der Waals surface area contributed by atoms with Crippen LogP contribution in [0.15, 0.2) is 29.2 Å². The van der Waals surface area contributed by atoms with Crippen molar-refractivity contribution in [2.24, 2.45) is 5.92 Å². The predicted octanol–water partition coefficient (Wildman–Crippen LogP) is 2.40. The molecule has 0 atom stereocenters. The molecule has 138 valence electrons. The molecule has 0 aliphatic carbocycles. The Hall–Kier alpha value is -3.00. The topological polar surface area (TPSA) is 101 Å². The SMILES string of the molecule is Cc1nc2ccc(-c3cnc4[nH]c(=O)n(CC5CCOCC5)c4n3)cc2[nH]1. The van der Waals surface area contributed by atoms with Crippen LogP contribution in [0, 0.1) is 12.8 Å². The van der Waals surface area contributed by atoms with Crippen molar-refractivity contribution in [3.05, 3.63) is 40.7 Å². The van der Waals surface area contributed by atoms with E-state index < -0.39 is 0 Å². The van der Waals surface area contributed by atoms with Gasteiger partial charge in [0.05, 0.1) is 22.9 Å². The molecule has 3 aromatic heterocycles. The fraction of sp³-hybridized carbons (Fsp3) is 0.368. The van der Waals surface area contributed by atoms with Gasteiger partial charge in [-0.2, -0.15) is 0 Å². The molecule has 0 radical (unpaired) electrons. The lowest BCUT2D eigenvalue weighted by Crippen LogP contribution is -2.26. The van der Waals surface area contributed by atoms with Gasteiger partial charge in [0.25, 0.3) is 0 Å². The number of ether oxygens (including phenoxy) is 1. The van der Waals surface area contributed by atoms with Gasteiger partial charge >= 0.3 is 5.69 Å². The van der Waals surface area contributed by atoms with Crippen LogP contribution < -0.4 is 5.69 Å². The molecule has 0 spiro atoms. The Balaban J connectivity index is 1.56. The molecule has 4 aromatic rings. The minimum atomic E-state index is -0.159. The summed E-state index contributed by atoms with van der Waals surface area (Å²) in [6.45, 7) is 4.07. The molecule has 4 heterocycles. The highest BCUT2D eigenvalue weighted by Crippen LogP contribution is 2.23. The highest BCUT2D eigenvalue weighted by Gasteiger charge is 2.18. The number of nitrogens with one attached hydrogen (secondary N) is 2. The van der Waals surface area contributed by atoms with E-state index in [1.54, 1.807) is 10.8 Å². The molecule has 8 heteroatoms. The van der Waals surface area contributed by atoms with Gasteiger partial charge in [0.1, 0.15) is 5.82 Å². The van der Waals surface area contributed by atoms with Gasteiger partial charge in [-0.05, 0) is 37.8 Å². The molecular weight excluding hydrogens is 344 g/mol. The minimum Gasteiger partial charge on any atom is -0.381 e. The second kappa shape index (κ2) is 6.31. The molecule has 0 unspecified atom stereocenters. The van der Waals surface area contributed by atoms with E-state index in [4.69, 9.17) is 9.72 Å².